The first-order valence-electron chi connectivity index (χ1n) is 13.3. The molecular formula is C29H38N4O4Si. The van der Waals surface area contributed by atoms with Crippen molar-refractivity contribution in [3.8, 4) is 17.1 Å². The van der Waals surface area contributed by atoms with E-state index in [-0.39, 0.29) is 11.7 Å². The molecule has 0 aliphatic rings. The average Bonchev–Trinajstić information content (AvgIpc) is 3.58. The van der Waals surface area contributed by atoms with E-state index in [9.17, 15) is 4.79 Å². The van der Waals surface area contributed by atoms with E-state index in [1.54, 1.807) is 7.11 Å². The molecule has 0 saturated carbocycles. The summed E-state index contributed by atoms with van der Waals surface area (Å²) in [6, 6.07) is 11.2. The molecule has 4 aromatic rings. The van der Waals surface area contributed by atoms with Gasteiger partial charge in [-0.25, -0.2) is 15.0 Å². The van der Waals surface area contributed by atoms with Crippen LogP contribution in [0.5, 0.6) is 5.88 Å². The van der Waals surface area contributed by atoms with Gasteiger partial charge < -0.3 is 18.5 Å². The van der Waals surface area contributed by atoms with Crippen molar-refractivity contribution in [2.45, 2.75) is 70.9 Å². The van der Waals surface area contributed by atoms with E-state index in [4.69, 9.17) is 23.9 Å². The molecule has 3 heterocycles. The number of benzene rings is 1. The maximum absolute atomic E-state index is 12.1. The van der Waals surface area contributed by atoms with E-state index >= 15 is 0 Å². The molecule has 4 rings (SSSR count). The smallest absolute Gasteiger partial charge is 0.263 e. The first-order chi connectivity index (χ1) is 18.3. The Morgan fingerprint density at radius 3 is 2.66 bits per heavy atom. The number of pyridine rings is 1. The van der Waals surface area contributed by atoms with Crippen LogP contribution in [0.3, 0.4) is 0 Å². The molecule has 8 nitrogen and oxygen atoms in total. The molecule has 0 aliphatic carbocycles. The third-order valence-corrected chi connectivity index (χ3v) is 8.17. The number of hydrogen-bond acceptors (Lipinski definition) is 7. The number of carbonyl (C=O) groups is 1. The lowest BCUT2D eigenvalue weighted by Gasteiger charge is -2.16. The van der Waals surface area contributed by atoms with Gasteiger partial charge in [0.15, 0.2) is 0 Å². The quantitative estimate of drug-likeness (QED) is 0.0942. The highest BCUT2D eigenvalue weighted by Crippen LogP contribution is 2.31. The molecule has 0 atom stereocenters. The number of hydrogen-bond donors (Lipinski definition) is 0. The van der Waals surface area contributed by atoms with Gasteiger partial charge in [-0.1, -0.05) is 50.7 Å². The number of ether oxygens (including phenoxy) is 2. The molecule has 9 heteroatoms. The lowest BCUT2D eigenvalue weighted by Crippen LogP contribution is -2.22. The number of fused-ring (bicyclic) bond motifs is 1. The number of para-hydroxylation sites is 1. The minimum atomic E-state index is -1.16. The molecule has 0 saturated heterocycles. The Bertz CT molecular complexity index is 1330. The fourth-order valence-corrected chi connectivity index (χ4v) is 5.02. The summed E-state index contributed by atoms with van der Waals surface area (Å²) in [7, 11) is 0.480. The van der Waals surface area contributed by atoms with Crippen LogP contribution < -0.4 is 4.74 Å². The van der Waals surface area contributed by atoms with Crippen molar-refractivity contribution in [3.05, 3.63) is 60.7 Å². The molecule has 1 aromatic carbocycles. The van der Waals surface area contributed by atoms with E-state index in [0.29, 0.717) is 19.0 Å². The Morgan fingerprint density at radius 1 is 1.08 bits per heavy atom. The SMILES string of the molecule is COc1nc2ccccc2cc1-c1cn(COCC[Si](C)(C)C)c(CCCCCCC(=O)c2ncco2)n1. The minimum absolute atomic E-state index is 0.0383. The Labute approximate surface area is 225 Å². The van der Waals surface area contributed by atoms with Gasteiger partial charge in [-0.3, -0.25) is 4.79 Å². The zero-order chi connectivity index (χ0) is 27.0. The zero-order valence-electron chi connectivity index (χ0n) is 22.9. The summed E-state index contributed by atoms with van der Waals surface area (Å²) in [5.74, 6) is 1.71. The Morgan fingerprint density at radius 2 is 1.89 bits per heavy atom. The van der Waals surface area contributed by atoms with Crippen LogP contribution in [0.15, 0.2) is 53.4 Å². The van der Waals surface area contributed by atoms with Crippen LogP contribution in [0, 0.1) is 0 Å². The van der Waals surface area contributed by atoms with Gasteiger partial charge in [-0.15, -0.1) is 0 Å². The summed E-state index contributed by atoms with van der Waals surface area (Å²) in [6.45, 7) is 8.29. The molecule has 0 aliphatic heterocycles. The molecule has 202 valence electrons. The number of methoxy groups -OCH3 is 1. The second kappa shape index (κ2) is 13.0. The van der Waals surface area contributed by atoms with Crippen LogP contribution in [-0.4, -0.2) is 47.1 Å². The lowest BCUT2D eigenvalue weighted by molar-refractivity contribution is 0.0850. The fourth-order valence-electron chi connectivity index (χ4n) is 4.26. The van der Waals surface area contributed by atoms with E-state index in [1.807, 2.05) is 24.4 Å². The topological polar surface area (TPSA) is 92.3 Å². The summed E-state index contributed by atoms with van der Waals surface area (Å²) in [6.07, 6.45) is 10.0. The summed E-state index contributed by atoms with van der Waals surface area (Å²) >= 11 is 0. The van der Waals surface area contributed by atoms with Crippen LogP contribution in [0.25, 0.3) is 22.2 Å². The molecular weight excluding hydrogens is 496 g/mol. The number of aromatic nitrogens is 4. The normalized spacial score (nSPS) is 11.8. The van der Waals surface area contributed by atoms with Crippen molar-refractivity contribution in [1.82, 2.24) is 19.5 Å². The summed E-state index contributed by atoms with van der Waals surface area (Å²) < 4.78 is 18.9. The van der Waals surface area contributed by atoms with Crippen molar-refractivity contribution < 1.29 is 18.7 Å². The van der Waals surface area contributed by atoms with Crippen molar-refractivity contribution in [2.24, 2.45) is 0 Å². The molecule has 3 aromatic heterocycles. The van der Waals surface area contributed by atoms with Crippen LogP contribution >= 0.6 is 0 Å². The first-order valence-corrected chi connectivity index (χ1v) is 17.1. The molecule has 0 radical (unpaired) electrons. The summed E-state index contributed by atoms with van der Waals surface area (Å²) in [5.41, 5.74) is 2.60. The number of nitrogens with zero attached hydrogens (tertiary/aromatic N) is 4. The number of oxazole rings is 1. The third kappa shape index (κ3) is 7.61. The number of imidazole rings is 1. The van der Waals surface area contributed by atoms with Crippen molar-refractivity contribution in [3.63, 3.8) is 0 Å². The van der Waals surface area contributed by atoms with Crippen molar-refractivity contribution >= 4 is 24.8 Å². The standard InChI is InChI=1S/C29H38N4O4Si/c1-35-28-23(19-22-11-9-10-12-24(22)32-28)25-20-33(21-36-17-18-38(2,3)4)27(31-25)14-8-6-5-7-13-26(34)29-30-15-16-37-29/h9-12,15-16,19-20H,5-8,13-14,17-18,21H2,1-4H3. The maximum Gasteiger partial charge on any atom is 0.263 e. The van der Waals surface area contributed by atoms with Gasteiger partial charge in [-0.05, 0) is 31.0 Å². The highest BCUT2D eigenvalue weighted by Gasteiger charge is 2.17. The van der Waals surface area contributed by atoms with E-state index in [2.05, 4.69) is 41.3 Å². The number of aryl methyl sites for hydroxylation is 1. The maximum atomic E-state index is 12.1. The Balaban J connectivity index is 1.42. The highest BCUT2D eigenvalue weighted by atomic mass is 28.3. The fraction of sp³-hybridized carbons (Fsp3) is 0.448. The van der Waals surface area contributed by atoms with Gasteiger partial charge in [0.1, 0.15) is 18.8 Å². The first kappa shape index (κ1) is 27.7. The molecule has 0 unspecified atom stereocenters. The summed E-state index contributed by atoms with van der Waals surface area (Å²) in [4.78, 5) is 25.7. The third-order valence-electron chi connectivity index (χ3n) is 6.47. The van der Waals surface area contributed by atoms with Gasteiger partial charge in [0.2, 0.25) is 11.7 Å². The van der Waals surface area contributed by atoms with Gasteiger partial charge >= 0.3 is 0 Å². The highest BCUT2D eigenvalue weighted by molar-refractivity contribution is 6.76. The van der Waals surface area contributed by atoms with Crippen molar-refractivity contribution in [1.29, 1.82) is 0 Å². The van der Waals surface area contributed by atoms with Crippen LogP contribution in [-0.2, 0) is 17.9 Å². The van der Waals surface area contributed by atoms with E-state index < -0.39 is 8.07 Å². The largest absolute Gasteiger partial charge is 0.480 e. The van der Waals surface area contributed by atoms with E-state index in [1.165, 1.54) is 12.5 Å². The molecule has 0 bridgehead atoms. The van der Waals surface area contributed by atoms with Crippen LogP contribution in [0.2, 0.25) is 25.7 Å². The monoisotopic (exact) mass is 534 g/mol. The van der Waals surface area contributed by atoms with E-state index in [0.717, 1.165) is 72.7 Å². The number of carbonyl (C=O) groups excluding carboxylic acids is 1. The minimum Gasteiger partial charge on any atom is -0.480 e. The van der Waals surface area contributed by atoms with Crippen molar-refractivity contribution in [2.75, 3.05) is 13.7 Å². The van der Waals surface area contributed by atoms with Gasteiger partial charge in [0, 0.05) is 39.1 Å². The van der Waals surface area contributed by atoms with Gasteiger partial charge in [-0.2, -0.15) is 0 Å². The Hall–Kier alpha value is -3.30. The van der Waals surface area contributed by atoms with Gasteiger partial charge in [0.05, 0.1) is 30.1 Å². The Kier molecular flexibility index (Phi) is 9.46. The van der Waals surface area contributed by atoms with Gasteiger partial charge in [0.25, 0.3) is 5.89 Å². The molecule has 0 spiro atoms. The second-order valence-electron chi connectivity index (χ2n) is 10.8. The summed E-state index contributed by atoms with van der Waals surface area (Å²) in [5, 5.41) is 1.05. The second-order valence-corrected chi connectivity index (χ2v) is 16.4. The number of rotatable bonds is 15. The lowest BCUT2D eigenvalue weighted by atomic mass is 10.1. The predicted octanol–water partition coefficient (Wildman–Crippen LogP) is 6.78. The molecule has 38 heavy (non-hydrogen) atoms. The number of unbranched alkanes of at least 4 members (excludes halogenated alkanes) is 3. The number of ketones is 1. The average molecular weight is 535 g/mol. The zero-order valence-corrected chi connectivity index (χ0v) is 23.9. The number of Topliss-reactive ketones (excluding diaryl/α,β-unsaturated/α-hetero) is 1. The molecule has 0 amide bonds. The van der Waals surface area contributed by atoms with Crippen LogP contribution in [0.1, 0.15) is 48.6 Å². The molecule has 0 N–H and O–H groups in total. The van der Waals surface area contributed by atoms with Crippen LogP contribution in [0.4, 0.5) is 0 Å². The predicted molar refractivity (Wildman–Crippen MR) is 151 cm³/mol. The molecule has 0 fully saturated rings.